The monoisotopic (exact) mass is 252 g/mol. The Morgan fingerprint density at radius 2 is 1.78 bits per heavy atom. The zero-order valence-corrected chi connectivity index (χ0v) is 12.1. The molecule has 0 aromatic rings. The molecule has 0 saturated heterocycles. The molecular weight excluding hydrogens is 224 g/mol. The van der Waals surface area contributed by atoms with Gasteiger partial charge in [0.15, 0.2) is 0 Å². The predicted octanol–water partition coefficient (Wildman–Crippen LogP) is 2.54. The van der Waals surface area contributed by atoms with Crippen molar-refractivity contribution in [2.75, 3.05) is 7.05 Å². The van der Waals surface area contributed by atoms with Crippen molar-refractivity contribution < 1.29 is 4.79 Å². The molecule has 18 heavy (non-hydrogen) atoms. The largest absolute Gasteiger partial charge is 0.342 e. The van der Waals surface area contributed by atoms with Crippen molar-refractivity contribution in [2.24, 2.45) is 17.1 Å². The van der Waals surface area contributed by atoms with Crippen LogP contribution in [-0.4, -0.2) is 29.9 Å². The van der Waals surface area contributed by atoms with Crippen LogP contribution in [0.15, 0.2) is 0 Å². The lowest BCUT2D eigenvalue weighted by molar-refractivity contribution is -0.137. The van der Waals surface area contributed by atoms with Crippen LogP contribution in [0, 0.1) is 11.3 Å². The molecule has 0 radical (unpaired) electrons. The average Bonchev–Trinajstić information content (AvgIpc) is 2.73. The molecule has 0 aromatic carbocycles. The maximum Gasteiger partial charge on any atom is 0.227 e. The van der Waals surface area contributed by atoms with Crippen LogP contribution in [0.3, 0.4) is 0 Å². The number of hydrogen-bond acceptors (Lipinski definition) is 2. The average molecular weight is 252 g/mol. The number of rotatable bonds is 2. The van der Waals surface area contributed by atoms with Crippen molar-refractivity contribution in [1.29, 1.82) is 0 Å². The van der Waals surface area contributed by atoms with Gasteiger partial charge in [-0.05, 0) is 43.9 Å². The van der Waals surface area contributed by atoms with Crippen LogP contribution in [-0.2, 0) is 4.79 Å². The molecule has 2 aliphatic rings. The molecule has 104 valence electrons. The van der Waals surface area contributed by atoms with Crippen molar-refractivity contribution in [3.8, 4) is 0 Å². The minimum Gasteiger partial charge on any atom is -0.342 e. The van der Waals surface area contributed by atoms with Gasteiger partial charge in [0, 0.05) is 19.1 Å². The van der Waals surface area contributed by atoms with Crippen molar-refractivity contribution in [1.82, 2.24) is 4.90 Å². The SMILES string of the molecule is CN(C(=O)C1CCCC1N)C1CCC(C)(C)CC1. The third-order valence-electron chi connectivity index (χ3n) is 5.09. The van der Waals surface area contributed by atoms with Crippen LogP contribution < -0.4 is 5.73 Å². The van der Waals surface area contributed by atoms with Crippen LogP contribution in [0.2, 0.25) is 0 Å². The first kappa shape index (κ1) is 13.9. The summed E-state index contributed by atoms with van der Waals surface area (Å²) in [6, 6.07) is 0.540. The van der Waals surface area contributed by atoms with Crippen LogP contribution in [0.4, 0.5) is 0 Å². The summed E-state index contributed by atoms with van der Waals surface area (Å²) < 4.78 is 0. The van der Waals surface area contributed by atoms with Crippen LogP contribution in [0.25, 0.3) is 0 Å². The van der Waals surface area contributed by atoms with E-state index in [1.807, 2.05) is 11.9 Å². The van der Waals surface area contributed by atoms with Gasteiger partial charge in [-0.25, -0.2) is 0 Å². The number of amides is 1. The Morgan fingerprint density at radius 1 is 1.17 bits per heavy atom. The summed E-state index contributed by atoms with van der Waals surface area (Å²) in [7, 11) is 1.98. The molecule has 2 atom stereocenters. The molecule has 0 spiro atoms. The molecule has 2 rings (SSSR count). The van der Waals surface area contributed by atoms with E-state index in [0.717, 1.165) is 32.1 Å². The van der Waals surface area contributed by atoms with E-state index in [1.54, 1.807) is 0 Å². The van der Waals surface area contributed by atoms with Gasteiger partial charge in [0.05, 0.1) is 5.92 Å². The maximum atomic E-state index is 12.5. The van der Waals surface area contributed by atoms with Crippen molar-refractivity contribution in [3.05, 3.63) is 0 Å². The van der Waals surface area contributed by atoms with Gasteiger partial charge < -0.3 is 10.6 Å². The second kappa shape index (κ2) is 5.20. The highest BCUT2D eigenvalue weighted by molar-refractivity contribution is 5.80. The lowest BCUT2D eigenvalue weighted by Crippen LogP contribution is -2.46. The predicted molar refractivity (Wildman–Crippen MR) is 74.1 cm³/mol. The fraction of sp³-hybridized carbons (Fsp3) is 0.933. The molecule has 3 heteroatoms. The minimum atomic E-state index is 0.0879. The van der Waals surface area contributed by atoms with E-state index in [2.05, 4.69) is 13.8 Å². The normalized spacial score (nSPS) is 32.4. The Morgan fingerprint density at radius 3 is 2.28 bits per heavy atom. The Labute approximate surface area is 111 Å². The molecule has 2 saturated carbocycles. The van der Waals surface area contributed by atoms with E-state index < -0.39 is 0 Å². The first-order valence-corrected chi connectivity index (χ1v) is 7.43. The molecule has 3 nitrogen and oxygen atoms in total. The summed E-state index contributed by atoms with van der Waals surface area (Å²) in [4.78, 5) is 14.5. The van der Waals surface area contributed by atoms with Crippen LogP contribution in [0.1, 0.15) is 58.8 Å². The number of nitrogens with zero attached hydrogens (tertiary/aromatic N) is 1. The Bertz CT molecular complexity index is 304. The fourth-order valence-corrected chi connectivity index (χ4v) is 3.51. The maximum absolute atomic E-state index is 12.5. The highest BCUT2D eigenvalue weighted by atomic mass is 16.2. The third-order valence-corrected chi connectivity index (χ3v) is 5.09. The number of nitrogens with two attached hydrogens (primary N) is 1. The van der Waals surface area contributed by atoms with Gasteiger partial charge >= 0.3 is 0 Å². The molecule has 2 N–H and O–H groups in total. The molecule has 0 aromatic heterocycles. The second-order valence-electron chi connectivity index (χ2n) is 7.05. The molecule has 2 fully saturated rings. The summed E-state index contributed by atoms with van der Waals surface area (Å²) in [6.45, 7) is 4.66. The molecule has 0 aliphatic heterocycles. The van der Waals surface area contributed by atoms with Crippen molar-refractivity contribution in [2.45, 2.75) is 70.9 Å². The van der Waals surface area contributed by atoms with Crippen molar-refractivity contribution in [3.63, 3.8) is 0 Å². The Balaban J connectivity index is 1.91. The molecule has 1 amide bonds. The van der Waals surface area contributed by atoms with Crippen molar-refractivity contribution >= 4 is 5.91 Å². The lowest BCUT2D eigenvalue weighted by atomic mass is 9.75. The zero-order chi connectivity index (χ0) is 13.3. The lowest BCUT2D eigenvalue weighted by Gasteiger charge is -2.39. The van der Waals surface area contributed by atoms with Gasteiger partial charge in [-0.15, -0.1) is 0 Å². The minimum absolute atomic E-state index is 0.0879. The standard InChI is InChI=1S/C15H28N2O/c1-15(2)9-7-11(8-10-15)17(3)14(18)12-5-4-6-13(12)16/h11-13H,4-10,16H2,1-3H3. The molecule has 2 unspecified atom stereocenters. The number of carbonyl (C=O) groups is 1. The van der Waals surface area contributed by atoms with E-state index >= 15 is 0 Å². The summed E-state index contributed by atoms with van der Waals surface area (Å²) in [5.41, 5.74) is 6.51. The van der Waals surface area contributed by atoms with E-state index in [-0.39, 0.29) is 12.0 Å². The molecule has 2 aliphatic carbocycles. The first-order valence-electron chi connectivity index (χ1n) is 7.43. The van der Waals surface area contributed by atoms with Gasteiger partial charge in [0.25, 0.3) is 0 Å². The summed E-state index contributed by atoms with van der Waals surface area (Å²) in [5.74, 6) is 0.384. The third kappa shape index (κ3) is 2.87. The van der Waals surface area contributed by atoms with Gasteiger partial charge in [-0.3, -0.25) is 4.79 Å². The van der Waals surface area contributed by atoms with E-state index in [1.165, 1.54) is 12.8 Å². The number of hydrogen-bond donors (Lipinski definition) is 1. The molecule has 0 heterocycles. The van der Waals surface area contributed by atoms with Gasteiger partial charge in [-0.1, -0.05) is 20.3 Å². The Hall–Kier alpha value is -0.570. The Kier molecular flexibility index (Phi) is 4.00. The van der Waals surface area contributed by atoms with Crippen LogP contribution in [0.5, 0.6) is 0 Å². The van der Waals surface area contributed by atoms with Gasteiger partial charge in [0.2, 0.25) is 5.91 Å². The molecular formula is C15H28N2O. The fourth-order valence-electron chi connectivity index (χ4n) is 3.51. The summed E-state index contributed by atoms with van der Waals surface area (Å²) in [5, 5.41) is 0. The smallest absolute Gasteiger partial charge is 0.227 e. The van der Waals surface area contributed by atoms with E-state index in [0.29, 0.717) is 17.4 Å². The summed E-state index contributed by atoms with van der Waals surface area (Å²) >= 11 is 0. The topological polar surface area (TPSA) is 46.3 Å². The quantitative estimate of drug-likeness (QED) is 0.821. The highest BCUT2D eigenvalue weighted by Crippen LogP contribution is 2.37. The van der Waals surface area contributed by atoms with Gasteiger partial charge in [-0.2, -0.15) is 0 Å². The van der Waals surface area contributed by atoms with Crippen LogP contribution >= 0.6 is 0 Å². The second-order valence-corrected chi connectivity index (χ2v) is 7.05. The zero-order valence-electron chi connectivity index (χ0n) is 12.1. The van der Waals surface area contributed by atoms with Gasteiger partial charge in [0.1, 0.15) is 0 Å². The summed E-state index contributed by atoms with van der Waals surface area (Å²) in [6.07, 6.45) is 7.88. The first-order chi connectivity index (χ1) is 8.41. The van der Waals surface area contributed by atoms with E-state index in [9.17, 15) is 4.79 Å². The van der Waals surface area contributed by atoms with E-state index in [4.69, 9.17) is 5.73 Å². The number of carbonyl (C=O) groups excluding carboxylic acids is 1. The highest BCUT2D eigenvalue weighted by Gasteiger charge is 2.36. The molecule has 0 bridgehead atoms.